The lowest BCUT2D eigenvalue weighted by atomic mass is 9.77. The number of hydrogen-bond acceptors (Lipinski definition) is 3. The van der Waals surface area contributed by atoms with Crippen LogP contribution in [0.4, 0.5) is 4.79 Å². The van der Waals surface area contributed by atoms with Crippen LogP contribution in [0.25, 0.3) is 0 Å². The number of carbonyl (C=O) groups excluding carboxylic acids is 3. The predicted molar refractivity (Wildman–Crippen MR) is 87.2 cm³/mol. The molecule has 4 amide bonds. The van der Waals surface area contributed by atoms with Crippen LogP contribution in [0.1, 0.15) is 25.3 Å². The molecular weight excluding hydrogens is 292 g/mol. The molecule has 2 rings (SSSR count). The van der Waals surface area contributed by atoms with Gasteiger partial charge < -0.3 is 0 Å². The van der Waals surface area contributed by atoms with Crippen LogP contribution in [0, 0.1) is 5.41 Å². The Labute approximate surface area is 135 Å². The van der Waals surface area contributed by atoms with Crippen LogP contribution in [0.2, 0.25) is 0 Å². The van der Waals surface area contributed by atoms with Gasteiger partial charge in [-0.25, -0.2) is 4.79 Å². The summed E-state index contributed by atoms with van der Waals surface area (Å²) in [4.78, 5) is 38.5. The fourth-order valence-electron chi connectivity index (χ4n) is 2.65. The number of urea groups is 1. The zero-order chi connectivity index (χ0) is 16.9. The van der Waals surface area contributed by atoms with E-state index in [2.05, 4.69) is 11.9 Å². The van der Waals surface area contributed by atoms with E-state index in [1.807, 2.05) is 37.3 Å². The van der Waals surface area contributed by atoms with Crippen molar-refractivity contribution in [2.24, 2.45) is 5.41 Å². The van der Waals surface area contributed by atoms with Crippen LogP contribution in [0.5, 0.6) is 0 Å². The third-order valence-corrected chi connectivity index (χ3v) is 3.93. The number of benzene rings is 1. The van der Waals surface area contributed by atoms with Gasteiger partial charge in [-0.05, 0) is 25.3 Å². The highest BCUT2D eigenvalue weighted by molar-refractivity contribution is 6.19. The summed E-state index contributed by atoms with van der Waals surface area (Å²) in [5.74, 6) is -1.04. The average molecular weight is 312 g/mol. The Morgan fingerprint density at radius 3 is 2.48 bits per heavy atom. The second kappa shape index (κ2) is 7.05. The molecule has 0 spiro atoms. The normalized spacial score (nSPS) is 21.6. The third-order valence-electron chi connectivity index (χ3n) is 3.93. The first kappa shape index (κ1) is 16.7. The Kier molecular flexibility index (Phi) is 5.11. The second-order valence-corrected chi connectivity index (χ2v) is 5.48. The first-order chi connectivity index (χ1) is 11.0. The van der Waals surface area contributed by atoms with Gasteiger partial charge in [0.1, 0.15) is 5.41 Å². The highest BCUT2D eigenvalue weighted by atomic mass is 16.2. The molecule has 1 aromatic rings. The van der Waals surface area contributed by atoms with Crippen molar-refractivity contribution < 1.29 is 14.4 Å². The van der Waals surface area contributed by atoms with Crippen LogP contribution < -0.4 is 5.32 Å². The number of barbiturate groups is 1. The minimum absolute atomic E-state index is 0.132. The molecule has 0 aromatic heterocycles. The van der Waals surface area contributed by atoms with Gasteiger partial charge >= 0.3 is 6.03 Å². The summed E-state index contributed by atoms with van der Waals surface area (Å²) in [6.07, 6.45) is 5.50. The molecule has 1 aromatic carbocycles. The molecule has 1 aliphatic rings. The number of hydrogen-bond donors (Lipinski definition) is 1. The van der Waals surface area contributed by atoms with Gasteiger partial charge in [0.05, 0.1) is 6.54 Å². The van der Waals surface area contributed by atoms with Gasteiger partial charge in [-0.15, -0.1) is 6.58 Å². The SMILES string of the molecule is C=CCC1(C/C=C/C)C(=O)NC(=O)N(Cc2ccccc2)C1=O. The quantitative estimate of drug-likeness (QED) is 0.649. The number of amides is 4. The van der Waals surface area contributed by atoms with Gasteiger partial charge in [0, 0.05) is 0 Å². The van der Waals surface area contributed by atoms with Crippen molar-refractivity contribution in [3.63, 3.8) is 0 Å². The highest BCUT2D eigenvalue weighted by Crippen LogP contribution is 2.34. The second-order valence-electron chi connectivity index (χ2n) is 5.48. The third kappa shape index (κ3) is 3.23. The van der Waals surface area contributed by atoms with E-state index < -0.39 is 23.3 Å². The molecule has 5 nitrogen and oxygen atoms in total. The fourth-order valence-corrected chi connectivity index (χ4v) is 2.65. The lowest BCUT2D eigenvalue weighted by molar-refractivity contribution is -0.151. The molecular formula is C18H20N2O3. The Balaban J connectivity index is 2.36. The largest absolute Gasteiger partial charge is 0.331 e. The van der Waals surface area contributed by atoms with E-state index in [9.17, 15) is 14.4 Å². The fraction of sp³-hybridized carbons (Fsp3) is 0.278. The molecule has 0 radical (unpaired) electrons. The van der Waals surface area contributed by atoms with Crippen molar-refractivity contribution in [3.05, 3.63) is 60.7 Å². The Morgan fingerprint density at radius 1 is 1.17 bits per heavy atom. The van der Waals surface area contributed by atoms with Crippen LogP contribution in [0.15, 0.2) is 55.1 Å². The maximum absolute atomic E-state index is 12.9. The first-order valence-corrected chi connectivity index (χ1v) is 7.48. The molecule has 1 N–H and O–H groups in total. The maximum Gasteiger partial charge on any atom is 0.331 e. The molecule has 23 heavy (non-hydrogen) atoms. The summed E-state index contributed by atoms with van der Waals surface area (Å²) >= 11 is 0. The molecule has 0 saturated carbocycles. The topological polar surface area (TPSA) is 66.5 Å². The number of allylic oxidation sites excluding steroid dienone is 3. The van der Waals surface area contributed by atoms with Crippen LogP contribution in [-0.4, -0.2) is 22.7 Å². The Morgan fingerprint density at radius 2 is 1.87 bits per heavy atom. The van der Waals surface area contributed by atoms with Gasteiger partial charge in [-0.1, -0.05) is 48.6 Å². The molecule has 1 unspecified atom stereocenters. The molecule has 1 aliphatic heterocycles. The summed E-state index contributed by atoms with van der Waals surface area (Å²) in [5, 5.41) is 2.31. The zero-order valence-electron chi connectivity index (χ0n) is 13.1. The molecule has 1 atom stereocenters. The summed E-state index contributed by atoms with van der Waals surface area (Å²) in [7, 11) is 0. The number of nitrogens with zero attached hydrogens (tertiary/aromatic N) is 1. The molecule has 0 aliphatic carbocycles. The molecule has 5 heteroatoms. The monoisotopic (exact) mass is 312 g/mol. The van der Waals surface area contributed by atoms with Crippen LogP contribution in [0.3, 0.4) is 0 Å². The predicted octanol–water partition coefficient (Wildman–Crippen LogP) is 2.79. The maximum atomic E-state index is 12.9. The summed E-state index contributed by atoms with van der Waals surface area (Å²) in [6, 6.07) is 8.52. The van der Waals surface area contributed by atoms with Crippen molar-refractivity contribution in [3.8, 4) is 0 Å². The van der Waals surface area contributed by atoms with Crippen LogP contribution >= 0.6 is 0 Å². The van der Waals surface area contributed by atoms with E-state index in [0.717, 1.165) is 10.5 Å². The lowest BCUT2D eigenvalue weighted by Gasteiger charge is -2.38. The molecule has 1 heterocycles. The standard InChI is InChI=1S/C18H20N2O3/c1-3-5-12-18(11-4-2)15(21)19-17(23)20(16(18)22)13-14-9-7-6-8-10-14/h3-10H,2,11-13H2,1H3,(H,19,21,23)/b5-3+. The molecule has 120 valence electrons. The minimum Gasteiger partial charge on any atom is -0.277 e. The van der Waals surface area contributed by atoms with Crippen molar-refractivity contribution in [1.29, 1.82) is 0 Å². The zero-order valence-corrected chi connectivity index (χ0v) is 13.1. The van der Waals surface area contributed by atoms with E-state index in [1.54, 1.807) is 12.2 Å². The highest BCUT2D eigenvalue weighted by Gasteiger charge is 2.52. The number of rotatable bonds is 6. The van der Waals surface area contributed by atoms with Crippen molar-refractivity contribution in [1.82, 2.24) is 10.2 Å². The van der Waals surface area contributed by atoms with E-state index in [1.165, 1.54) is 6.08 Å². The molecule has 0 bridgehead atoms. The lowest BCUT2D eigenvalue weighted by Crippen LogP contribution is -2.63. The van der Waals surface area contributed by atoms with Gasteiger partial charge in [-0.3, -0.25) is 19.8 Å². The van der Waals surface area contributed by atoms with E-state index in [4.69, 9.17) is 0 Å². The summed E-state index contributed by atoms with van der Waals surface area (Å²) in [5.41, 5.74) is -0.486. The number of nitrogens with one attached hydrogen (secondary N) is 1. The van der Waals surface area contributed by atoms with Gasteiger partial charge in [0.2, 0.25) is 11.8 Å². The van der Waals surface area contributed by atoms with E-state index >= 15 is 0 Å². The molecule has 1 fully saturated rings. The van der Waals surface area contributed by atoms with Crippen molar-refractivity contribution >= 4 is 17.8 Å². The number of carbonyl (C=O) groups is 3. The van der Waals surface area contributed by atoms with E-state index in [0.29, 0.717) is 0 Å². The Bertz CT molecular complexity index is 651. The number of imide groups is 2. The van der Waals surface area contributed by atoms with Gasteiger partial charge in [0.25, 0.3) is 0 Å². The minimum atomic E-state index is -1.31. The van der Waals surface area contributed by atoms with Gasteiger partial charge in [0.15, 0.2) is 0 Å². The first-order valence-electron chi connectivity index (χ1n) is 7.48. The van der Waals surface area contributed by atoms with Gasteiger partial charge in [-0.2, -0.15) is 0 Å². The summed E-state index contributed by atoms with van der Waals surface area (Å²) < 4.78 is 0. The van der Waals surface area contributed by atoms with Crippen molar-refractivity contribution in [2.75, 3.05) is 0 Å². The molecule has 1 saturated heterocycles. The smallest absolute Gasteiger partial charge is 0.277 e. The van der Waals surface area contributed by atoms with E-state index in [-0.39, 0.29) is 19.4 Å². The Hall–Kier alpha value is -2.69. The average Bonchev–Trinajstić information content (AvgIpc) is 2.55. The summed E-state index contributed by atoms with van der Waals surface area (Å²) in [6.45, 7) is 5.60. The van der Waals surface area contributed by atoms with Crippen LogP contribution in [-0.2, 0) is 16.1 Å². The van der Waals surface area contributed by atoms with Crippen molar-refractivity contribution in [2.45, 2.75) is 26.3 Å².